The molecule has 102 valence electrons. The number of hydrogen-bond donors (Lipinski definition) is 3. The summed E-state index contributed by atoms with van der Waals surface area (Å²) < 4.78 is 37.2. The summed E-state index contributed by atoms with van der Waals surface area (Å²) in [7, 11) is 0. The minimum Gasteiger partial charge on any atom is -0.384 e. The molecule has 6 nitrogen and oxygen atoms in total. The molecule has 1 fully saturated rings. The number of benzene rings is 1. The molecule has 2 unspecified atom stereocenters. The molecule has 3 heterocycles. The summed E-state index contributed by atoms with van der Waals surface area (Å²) in [6.07, 6.45) is -4.66. The van der Waals surface area contributed by atoms with Crippen molar-refractivity contribution in [3.63, 3.8) is 0 Å². The van der Waals surface area contributed by atoms with Gasteiger partial charge in [-0.05, 0) is 24.3 Å². The number of anilines is 1. The molecule has 2 atom stereocenters. The smallest absolute Gasteiger partial charge is 0.384 e. The van der Waals surface area contributed by atoms with Crippen molar-refractivity contribution in [2.24, 2.45) is 16.6 Å². The average molecular weight is 272 g/mol. The lowest BCUT2D eigenvalue weighted by atomic mass is 10.2. The van der Waals surface area contributed by atoms with Gasteiger partial charge in [-0.25, -0.2) is 0 Å². The lowest BCUT2D eigenvalue weighted by Crippen LogP contribution is -2.72. The fourth-order valence-electron chi connectivity index (χ4n) is 2.05. The number of nitrogens with zero attached hydrogens (tertiary/aromatic N) is 3. The van der Waals surface area contributed by atoms with Crippen LogP contribution in [0.3, 0.4) is 0 Å². The Morgan fingerprint density at radius 2 is 1.84 bits per heavy atom. The summed E-state index contributed by atoms with van der Waals surface area (Å²) in [6.45, 7) is 0. The van der Waals surface area contributed by atoms with Gasteiger partial charge in [0, 0.05) is 0 Å². The minimum atomic E-state index is -4.34. The lowest BCUT2D eigenvalue weighted by molar-refractivity contribution is -0.143. The van der Waals surface area contributed by atoms with Gasteiger partial charge >= 0.3 is 6.18 Å². The molecular formula is C10H11F3N6. The highest BCUT2D eigenvalue weighted by molar-refractivity contribution is 5.89. The van der Waals surface area contributed by atoms with Crippen LogP contribution in [0.1, 0.15) is 5.56 Å². The maximum absolute atomic E-state index is 12.4. The standard InChI is InChI=1S/C10H11F3N6/c11-10(12,13)5-1-3-6(4-2-5)16-18-7-8(14)17-19(18)9(7)15/h1-4,7,9,16H,15H2,(H2,14,17). The van der Waals surface area contributed by atoms with E-state index in [9.17, 15) is 13.2 Å². The molecule has 5 N–H and O–H groups in total. The molecule has 0 spiro atoms. The molecule has 0 saturated carbocycles. The Bertz CT molecular complexity index is 525. The van der Waals surface area contributed by atoms with E-state index in [-0.39, 0.29) is 12.2 Å². The fraction of sp³-hybridized carbons (Fsp3) is 0.300. The summed E-state index contributed by atoms with van der Waals surface area (Å²) in [6, 6.07) is 4.42. The second-order valence-electron chi connectivity index (χ2n) is 4.31. The zero-order valence-electron chi connectivity index (χ0n) is 9.59. The van der Waals surface area contributed by atoms with Crippen LogP contribution in [-0.2, 0) is 6.18 Å². The Labute approximate surface area is 106 Å². The van der Waals surface area contributed by atoms with Crippen molar-refractivity contribution in [2.45, 2.75) is 18.4 Å². The van der Waals surface area contributed by atoms with Crippen molar-refractivity contribution >= 4 is 11.5 Å². The van der Waals surface area contributed by atoms with E-state index in [2.05, 4.69) is 10.5 Å². The molecule has 9 heteroatoms. The third-order valence-electron chi connectivity index (χ3n) is 3.05. The fourth-order valence-corrected chi connectivity index (χ4v) is 2.05. The van der Waals surface area contributed by atoms with E-state index in [0.717, 1.165) is 12.1 Å². The van der Waals surface area contributed by atoms with Gasteiger partial charge in [-0.1, -0.05) is 0 Å². The summed E-state index contributed by atoms with van der Waals surface area (Å²) in [5.41, 5.74) is 14.1. The number of halogens is 3. The molecule has 1 aromatic rings. The van der Waals surface area contributed by atoms with E-state index in [1.54, 1.807) is 5.12 Å². The van der Waals surface area contributed by atoms with Gasteiger partial charge in [0.2, 0.25) is 0 Å². The molecule has 0 radical (unpaired) electrons. The Balaban J connectivity index is 1.70. The van der Waals surface area contributed by atoms with Crippen molar-refractivity contribution in [3.8, 4) is 0 Å². The molecule has 3 aliphatic heterocycles. The number of hydrazone groups is 1. The van der Waals surface area contributed by atoms with Crippen LogP contribution in [0.15, 0.2) is 29.4 Å². The molecule has 0 aromatic heterocycles. The van der Waals surface area contributed by atoms with Crippen LogP contribution in [0.25, 0.3) is 0 Å². The molecule has 1 aromatic carbocycles. The summed E-state index contributed by atoms with van der Waals surface area (Å²) >= 11 is 0. The second kappa shape index (κ2) is 3.75. The van der Waals surface area contributed by atoms with Crippen molar-refractivity contribution in [3.05, 3.63) is 29.8 Å². The number of hydrazine groups is 2. The monoisotopic (exact) mass is 272 g/mol. The van der Waals surface area contributed by atoms with Gasteiger partial charge in [0.1, 0.15) is 18.0 Å². The SMILES string of the molecule is NC1=NN2C(N)C1N2Nc1ccc(C(F)(F)F)cc1. The van der Waals surface area contributed by atoms with E-state index in [0.29, 0.717) is 11.5 Å². The van der Waals surface area contributed by atoms with Gasteiger partial charge in [0.15, 0.2) is 0 Å². The first-order chi connectivity index (χ1) is 8.88. The average Bonchev–Trinajstić information content (AvgIpc) is 2.82. The number of alkyl halides is 3. The lowest BCUT2D eigenvalue weighted by Gasteiger charge is -2.46. The van der Waals surface area contributed by atoms with E-state index in [1.165, 1.54) is 17.3 Å². The first-order valence-electron chi connectivity index (χ1n) is 5.50. The van der Waals surface area contributed by atoms with Gasteiger partial charge in [0.05, 0.1) is 11.3 Å². The number of amidine groups is 1. The van der Waals surface area contributed by atoms with Crippen LogP contribution in [0.5, 0.6) is 0 Å². The van der Waals surface area contributed by atoms with Crippen LogP contribution in [0.4, 0.5) is 18.9 Å². The molecule has 4 rings (SSSR count). The molecular weight excluding hydrogens is 261 g/mol. The predicted molar refractivity (Wildman–Crippen MR) is 62.1 cm³/mol. The Hall–Kier alpha value is -2.00. The van der Waals surface area contributed by atoms with Gasteiger partial charge < -0.3 is 11.5 Å². The summed E-state index contributed by atoms with van der Waals surface area (Å²) in [5, 5.41) is 6.98. The molecule has 1 saturated heterocycles. The third-order valence-corrected chi connectivity index (χ3v) is 3.05. The zero-order valence-corrected chi connectivity index (χ0v) is 9.59. The van der Waals surface area contributed by atoms with Crippen LogP contribution in [0, 0.1) is 0 Å². The van der Waals surface area contributed by atoms with Crippen molar-refractivity contribution in [1.29, 1.82) is 0 Å². The van der Waals surface area contributed by atoms with Crippen molar-refractivity contribution in [1.82, 2.24) is 10.2 Å². The first kappa shape index (κ1) is 12.1. The molecule has 2 bridgehead atoms. The van der Waals surface area contributed by atoms with Gasteiger partial charge in [-0.15, -0.1) is 10.2 Å². The van der Waals surface area contributed by atoms with Crippen LogP contribution in [-0.4, -0.2) is 28.3 Å². The molecule has 3 aliphatic rings. The maximum atomic E-state index is 12.4. The van der Waals surface area contributed by atoms with Crippen LogP contribution >= 0.6 is 0 Å². The van der Waals surface area contributed by atoms with E-state index in [1.807, 2.05) is 0 Å². The number of rotatable bonds is 2. The zero-order chi connectivity index (χ0) is 13.8. The highest BCUT2D eigenvalue weighted by atomic mass is 19.4. The quantitative estimate of drug-likeness (QED) is 0.730. The summed E-state index contributed by atoms with van der Waals surface area (Å²) in [5.74, 6) is 0.381. The van der Waals surface area contributed by atoms with E-state index < -0.39 is 11.7 Å². The summed E-state index contributed by atoms with van der Waals surface area (Å²) in [4.78, 5) is 0. The minimum absolute atomic E-state index is 0.262. The van der Waals surface area contributed by atoms with E-state index in [4.69, 9.17) is 11.5 Å². The van der Waals surface area contributed by atoms with Crippen LogP contribution in [0.2, 0.25) is 0 Å². The maximum Gasteiger partial charge on any atom is 0.416 e. The number of nitrogens with two attached hydrogens (primary N) is 2. The molecule has 0 amide bonds. The highest BCUT2D eigenvalue weighted by Crippen LogP contribution is 2.32. The van der Waals surface area contributed by atoms with Crippen LogP contribution < -0.4 is 16.9 Å². The number of nitrogens with one attached hydrogen (secondary N) is 1. The Morgan fingerprint density at radius 3 is 2.26 bits per heavy atom. The topological polar surface area (TPSA) is 82.9 Å². The van der Waals surface area contributed by atoms with Crippen molar-refractivity contribution < 1.29 is 13.2 Å². The van der Waals surface area contributed by atoms with Gasteiger partial charge in [0.25, 0.3) is 0 Å². The third kappa shape index (κ3) is 1.78. The van der Waals surface area contributed by atoms with Gasteiger partial charge in [-0.3, -0.25) is 5.43 Å². The molecule has 0 aliphatic carbocycles. The predicted octanol–water partition coefficient (Wildman–Crippen LogP) is 0.504. The second-order valence-corrected chi connectivity index (χ2v) is 4.31. The number of hydrogen-bond acceptors (Lipinski definition) is 6. The molecule has 19 heavy (non-hydrogen) atoms. The Kier molecular flexibility index (Phi) is 2.38. The van der Waals surface area contributed by atoms with Gasteiger partial charge in [-0.2, -0.15) is 18.3 Å². The van der Waals surface area contributed by atoms with E-state index >= 15 is 0 Å². The highest BCUT2D eigenvalue weighted by Gasteiger charge is 2.53. The largest absolute Gasteiger partial charge is 0.416 e. The Morgan fingerprint density at radius 1 is 1.21 bits per heavy atom. The normalized spacial score (nSPS) is 26.1. The first-order valence-corrected chi connectivity index (χ1v) is 5.50. The van der Waals surface area contributed by atoms with Crippen molar-refractivity contribution in [2.75, 3.05) is 5.43 Å².